The number of carbonyl (C=O) groups excluding carboxylic acids is 3. The molecule has 2 amide bonds. The summed E-state index contributed by atoms with van der Waals surface area (Å²) in [7, 11) is 0. The minimum Gasteiger partial charge on any atom is -0.437 e. The van der Waals surface area contributed by atoms with Gasteiger partial charge in [0.1, 0.15) is 23.9 Å². The van der Waals surface area contributed by atoms with Crippen molar-refractivity contribution < 1.29 is 23.5 Å². The van der Waals surface area contributed by atoms with E-state index in [1.807, 2.05) is 12.1 Å². The maximum atomic E-state index is 14.7. The van der Waals surface area contributed by atoms with E-state index < -0.39 is 17.8 Å². The molecule has 3 aromatic rings. The van der Waals surface area contributed by atoms with Gasteiger partial charge >= 0.3 is 0 Å². The number of benzene rings is 3. The van der Waals surface area contributed by atoms with E-state index in [1.165, 1.54) is 23.1 Å². The molecule has 2 heterocycles. The van der Waals surface area contributed by atoms with E-state index in [4.69, 9.17) is 4.74 Å². The fourth-order valence-electron chi connectivity index (χ4n) is 4.29. The Labute approximate surface area is 207 Å². The first-order valence-corrected chi connectivity index (χ1v) is 11.5. The molecule has 8 nitrogen and oxygen atoms in total. The summed E-state index contributed by atoms with van der Waals surface area (Å²) in [5.74, 6) is -0.794. The van der Waals surface area contributed by atoms with Crippen LogP contribution in [0.2, 0.25) is 0 Å². The van der Waals surface area contributed by atoms with Crippen molar-refractivity contribution in [1.29, 1.82) is 0 Å². The smallest absolute Gasteiger partial charge is 0.257 e. The average Bonchev–Trinajstić information content (AvgIpc) is 2.94. The Bertz CT molecular complexity index is 1340. The van der Waals surface area contributed by atoms with Gasteiger partial charge in [0, 0.05) is 37.3 Å². The SMILES string of the molecule is O=CC1NN=C(Oc2ccc(F)c(C(=O)N3CCN(C(=O)c4ccccc4)CC3)c2)c2ccccc21. The summed E-state index contributed by atoms with van der Waals surface area (Å²) < 4.78 is 20.6. The zero-order chi connectivity index (χ0) is 25.1. The molecule has 1 unspecified atom stereocenters. The van der Waals surface area contributed by atoms with Crippen LogP contribution in [0.5, 0.6) is 5.75 Å². The summed E-state index contributed by atoms with van der Waals surface area (Å²) in [5.41, 5.74) is 4.54. The Morgan fingerprint density at radius 3 is 2.31 bits per heavy atom. The second-order valence-corrected chi connectivity index (χ2v) is 8.44. The van der Waals surface area contributed by atoms with Gasteiger partial charge in [-0.3, -0.25) is 15.0 Å². The molecular weight excluding hydrogens is 463 g/mol. The molecular formula is C27H23FN4O4. The van der Waals surface area contributed by atoms with Crippen LogP contribution in [-0.2, 0) is 4.79 Å². The number of nitrogens with one attached hydrogen (secondary N) is 1. The number of halogens is 1. The van der Waals surface area contributed by atoms with Crippen molar-refractivity contribution in [2.75, 3.05) is 26.2 Å². The van der Waals surface area contributed by atoms with Gasteiger partial charge in [-0.2, -0.15) is 0 Å². The van der Waals surface area contributed by atoms with Crippen LogP contribution in [0, 0.1) is 5.82 Å². The Hall–Kier alpha value is -4.53. The lowest BCUT2D eigenvalue weighted by Gasteiger charge is -2.35. The first-order valence-electron chi connectivity index (χ1n) is 11.5. The summed E-state index contributed by atoms with van der Waals surface area (Å²) in [6, 6.07) is 19.5. The number of hydrogen-bond acceptors (Lipinski definition) is 6. The third kappa shape index (κ3) is 4.55. The third-order valence-electron chi connectivity index (χ3n) is 6.23. The number of rotatable bonds is 4. The summed E-state index contributed by atoms with van der Waals surface area (Å²) in [6.45, 7) is 1.29. The number of piperazine rings is 1. The number of hydrazone groups is 1. The number of ether oxygens (including phenoxy) is 1. The van der Waals surface area contributed by atoms with Gasteiger partial charge in [-0.25, -0.2) is 4.39 Å². The van der Waals surface area contributed by atoms with E-state index in [1.54, 1.807) is 47.4 Å². The lowest BCUT2D eigenvalue weighted by molar-refractivity contribution is -0.109. The Kier molecular flexibility index (Phi) is 6.44. The van der Waals surface area contributed by atoms with Gasteiger partial charge in [0.05, 0.1) is 5.56 Å². The van der Waals surface area contributed by atoms with Crippen molar-refractivity contribution >= 4 is 24.0 Å². The van der Waals surface area contributed by atoms with Gasteiger partial charge < -0.3 is 19.3 Å². The third-order valence-corrected chi connectivity index (χ3v) is 6.23. The maximum absolute atomic E-state index is 14.7. The first kappa shape index (κ1) is 23.2. The highest BCUT2D eigenvalue weighted by molar-refractivity contribution is 6.00. The lowest BCUT2D eigenvalue weighted by Crippen LogP contribution is -2.50. The number of nitrogens with zero attached hydrogens (tertiary/aromatic N) is 3. The van der Waals surface area contributed by atoms with Crippen molar-refractivity contribution in [3.63, 3.8) is 0 Å². The Morgan fingerprint density at radius 2 is 1.58 bits per heavy atom. The van der Waals surface area contributed by atoms with E-state index in [0.29, 0.717) is 42.9 Å². The highest BCUT2D eigenvalue weighted by Gasteiger charge is 2.28. The predicted octanol–water partition coefficient (Wildman–Crippen LogP) is 3.01. The molecule has 0 saturated carbocycles. The molecule has 182 valence electrons. The molecule has 3 aromatic carbocycles. The summed E-state index contributed by atoms with van der Waals surface area (Å²) in [4.78, 5) is 40.4. The molecule has 5 rings (SSSR count). The molecule has 0 aliphatic carbocycles. The molecule has 0 spiro atoms. The normalized spacial score (nSPS) is 16.9. The van der Waals surface area contributed by atoms with Gasteiger partial charge in [-0.05, 0) is 42.0 Å². The number of carbonyl (C=O) groups is 3. The fourth-order valence-corrected chi connectivity index (χ4v) is 4.29. The first-order chi connectivity index (χ1) is 17.5. The molecule has 1 N–H and O–H groups in total. The average molecular weight is 487 g/mol. The van der Waals surface area contributed by atoms with Crippen LogP contribution in [0.3, 0.4) is 0 Å². The molecule has 0 aromatic heterocycles. The number of fused-ring (bicyclic) bond motifs is 1. The highest BCUT2D eigenvalue weighted by Crippen LogP contribution is 2.25. The van der Waals surface area contributed by atoms with Gasteiger partial charge in [0.25, 0.3) is 11.8 Å². The van der Waals surface area contributed by atoms with Crippen LogP contribution in [0.4, 0.5) is 4.39 Å². The van der Waals surface area contributed by atoms with Crippen molar-refractivity contribution in [2.24, 2.45) is 5.10 Å². The minimum atomic E-state index is -0.666. The van der Waals surface area contributed by atoms with E-state index in [9.17, 15) is 18.8 Å². The van der Waals surface area contributed by atoms with Gasteiger partial charge in [0.2, 0.25) is 5.90 Å². The summed E-state index contributed by atoms with van der Waals surface area (Å²) in [6.07, 6.45) is 0.751. The zero-order valence-corrected chi connectivity index (χ0v) is 19.3. The molecule has 1 saturated heterocycles. The van der Waals surface area contributed by atoms with Crippen LogP contribution in [0.1, 0.15) is 37.9 Å². The Morgan fingerprint density at radius 1 is 0.917 bits per heavy atom. The maximum Gasteiger partial charge on any atom is 0.257 e. The second-order valence-electron chi connectivity index (χ2n) is 8.44. The zero-order valence-electron chi connectivity index (χ0n) is 19.3. The molecule has 9 heteroatoms. The van der Waals surface area contributed by atoms with Gasteiger partial charge in [0.15, 0.2) is 0 Å². The van der Waals surface area contributed by atoms with Gasteiger partial charge in [-0.15, -0.1) is 5.10 Å². The number of hydrogen-bond donors (Lipinski definition) is 1. The van der Waals surface area contributed by atoms with Crippen molar-refractivity contribution in [3.8, 4) is 5.75 Å². The summed E-state index contributed by atoms with van der Waals surface area (Å²) >= 11 is 0. The van der Waals surface area contributed by atoms with Crippen LogP contribution in [0.25, 0.3) is 0 Å². The molecule has 2 aliphatic heterocycles. The van der Waals surface area contributed by atoms with E-state index in [-0.39, 0.29) is 23.1 Å². The second kappa shape index (κ2) is 9.99. The van der Waals surface area contributed by atoms with Crippen molar-refractivity contribution in [3.05, 3.63) is 101 Å². The topological polar surface area (TPSA) is 91.3 Å². The number of amides is 2. The largest absolute Gasteiger partial charge is 0.437 e. The minimum absolute atomic E-state index is 0.0942. The quantitative estimate of drug-likeness (QED) is 0.573. The lowest BCUT2D eigenvalue weighted by atomic mass is 10.0. The van der Waals surface area contributed by atoms with Crippen molar-refractivity contribution in [1.82, 2.24) is 15.2 Å². The van der Waals surface area contributed by atoms with Gasteiger partial charge in [-0.1, -0.05) is 36.4 Å². The molecule has 0 radical (unpaired) electrons. The highest BCUT2D eigenvalue weighted by atomic mass is 19.1. The molecule has 36 heavy (non-hydrogen) atoms. The standard InChI is InChI=1S/C27H23FN4O4/c28-23-11-10-19(36-25-21-9-5-4-8-20(21)24(17-33)29-30-25)16-22(23)27(35)32-14-12-31(13-15-32)26(34)18-6-2-1-3-7-18/h1-11,16-17,24,29H,12-15H2. The van der Waals surface area contributed by atoms with Crippen LogP contribution >= 0.6 is 0 Å². The van der Waals surface area contributed by atoms with Crippen LogP contribution in [0.15, 0.2) is 77.9 Å². The molecule has 1 fully saturated rings. The molecule has 0 bridgehead atoms. The summed E-state index contributed by atoms with van der Waals surface area (Å²) in [5, 5.41) is 4.14. The van der Waals surface area contributed by atoms with Crippen molar-refractivity contribution in [2.45, 2.75) is 6.04 Å². The monoisotopic (exact) mass is 486 g/mol. The molecule has 2 aliphatic rings. The predicted molar refractivity (Wildman–Crippen MR) is 130 cm³/mol. The van der Waals surface area contributed by atoms with E-state index in [0.717, 1.165) is 6.29 Å². The molecule has 1 atom stereocenters. The fraction of sp³-hybridized carbons (Fsp3) is 0.185. The van der Waals surface area contributed by atoms with E-state index >= 15 is 0 Å². The Balaban J connectivity index is 1.29. The van der Waals surface area contributed by atoms with Crippen LogP contribution < -0.4 is 10.2 Å². The van der Waals surface area contributed by atoms with Crippen LogP contribution in [-0.4, -0.2) is 60.0 Å². The van der Waals surface area contributed by atoms with E-state index in [2.05, 4.69) is 10.5 Å². The number of aldehydes is 1.